The molecule has 5 nitrogen and oxygen atoms in total. The molecule has 0 saturated carbocycles. The molecule has 2 amide bonds. The summed E-state index contributed by atoms with van der Waals surface area (Å²) in [7, 11) is 0. The predicted octanol–water partition coefficient (Wildman–Crippen LogP) is 5.60. The highest BCUT2D eigenvalue weighted by atomic mass is 19.1. The maximum absolute atomic E-state index is 14.7. The lowest BCUT2D eigenvalue weighted by Gasteiger charge is -2.14. The first-order valence-electron chi connectivity index (χ1n) is 10.5. The summed E-state index contributed by atoms with van der Waals surface area (Å²) in [6, 6.07) is 23.2. The van der Waals surface area contributed by atoms with Crippen LogP contribution in [0.2, 0.25) is 0 Å². The number of urea groups is 1. The molecule has 4 aromatic rings. The molecule has 0 radical (unpaired) electrons. The minimum atomic E-state index is -0.582. The van der Waals surface area contributed by atoms with Gasteiger partial charge in [-0.2, -0.15) is 0 Å². The number of anilines is 1. The fourth-order valence-electron chi connectivity index (χ4n) is 3.49. The normalized spacial score (nSPS) is 11.8. The van der Waals surface area contributed by atoms with Crippen LogP contribution >= 0.6 is 0 Å². The topological polar surface area (TPSA) is 74.2 Å². The molecule has 0 saturated heterocycles. The molecule has 3 aromatic carbocycles. The number of carbonyl (C=O) groups is 1. The molecule has 1 aromatic heterocycles. The van der Waals surface area contributed by atoms with E-state index < -0.39 is 12.1 Å². The van der Waals surface area contributed by atoms with Gasteiger partial charge in [-0.3, -0.25) is 0 Å². The molecule has 32 heavy (non-hydrogen) atoms. The van der Waals surface area contributed by atoms with Crippen LogP contribution in [0.1, 0.15) is 13.3 Å². The molecule has 0 unspecified atom stereocenters. The number of aliphatic hydroxyl groups is 1. The van der Waals surface area contributed by atoms with Crippen LogP contribution in [0.4, 0.5) is 14.9 Å². The Hall–Kier alpha value is -3.77. The van der Waals surface area contributed by atoms with E-state index in [-0.39, 0.29) is 12.4 Å². The number of benzene rings is 3. The van der Waals surface area contributed by atoms with Crippen LogP contribution in [-0.2, 0) is 0 Å². The lowest BCUT2D eigenvalue weighted by Crippen LogP contribution is -2.34. The van der Waals surface area contributed by atoms with Crippen molar-refractivity contribution in [2.75, 3.05) is 11.9 Å². The Bertz CT molecular complexity index is 1240. The molecule has 4 rings (SSSR count). The van der Waals surface area contributed by atoms with E-state index in [4.69, 9.17) is 4.98 Å². The van der Waals surface area contributed by atoms with Gasteiger partial charge in [0.05, 0.1) is 17.3 Å². The van der Waals surface area contributed by atoms with E-state index >= 15 is 0 Å². The first kappa shape index (κ1) is 21.5. The van der Waals surface area contributed by atoms with E-state index in [2.05, 4.69) is 10.6 Å². The van der Waals surface area contributed by atoms with Gasteiger partial charge >= 0.3 is 6.03 Å². The van der Waals surface area contributed by atoms with Crippen molar-refractivity contribution in [2.24, 2.45) is 0 Å². The van der Waals surface area contributed by atoms with Gasteiger partial charge in [0.1, 0.15) is 5.82 Å². The molecule has 3 N–H and O–H groups in total. The van der Waals surface area contributed by atoms with E-state index in [0.29, 0.717) is 28.9 Å². The second-order valence-electron chi connectivity index (χ2n) is 7.53. The highest BCUT2D eigenvalue weighted by Gasteiger charge is 2.15. The summed E-state index contributed by atoms with van der Waals surface area (Å²) in [6.45, 7) is 2.02. The minimum absolute atomic E-state index is 0.176. The number of amides is 2. The number of aliphatic hydroxyl groups excluding tert-OH is 1. The summed E-state index contributed by atoms with van der Waals surface area (Å²) in [5.41, 5.74) is 4.03. The SMILES string of the molecule is CC[C@@H](O)CNC(=O)Nc1ccc2nc(-c3ccccc3)c(-c3ccccc3F)cc2c1. The van der Waals surface area contributed by atoms with Crippen LogP contribution in [0.5, 0.6) is 0 Å². The first-order chi connectivity index (χ1) is 15.5. The largest absolute Gasteiger partial charge is 0.391 e. The molecule has 0 spiro atoms. The van der Waals surface area contributed by atoms with Crippen molar-refractivity contribution in [1.82, 2.24) is 10.3 Å². The molecular weight excluding hydrogens is 405 g/mol. The van der Waals surface area contributed by atoms with E-state index in [1.807, 2.05) is 49.4 Å². The standard InChI is InChI=1S/C26H24FN3O2/c1-2-20(31)16-28-26(32)29-19-12-13-24-18(14-19)15-22(21-10-6-7-11-23(21)27)25(30-24)17-8-4-3-5-9-17/h3-15,20,31H,2,16H2,1H3,(H2,28,29,32)/t20-/m1/s1. The van der Waals surface area contributed by atoms with Crippen LogP contribution in [-0.4, -0.2) is 28.8 Å². The summed E-state index contributed by atoms with van der Waals surface area (Å²) in [5.74, 6) is -0.325. The van der Waals surface area contributed by atoms with Gasteiger partial charge in [0, 0.05) is 34.3 Å². The summed E-state index contributed by atoms with van der Waals surface area (Å²) in [5, 5.41) is 15.8. The molecule has 0 aliphatic carbocycles. The maximum Gasteiger partial charge on any atom is 0.319 e. The van der Waals surface area contributed by atoms with Crippen LogP contribution < -0.4 is 10.6 Å². The number of rotatable bonds is 6. The van der Waals surface area contributed by atoms with Gasteiger partial charge in [-0.15, -0.1) is 0 Å². The van der Waals surface area contributed by atoms with E-state index in [1.54, 1.807) is 30.3 Å². The minimum Gasteiger partial charge on any atom is -0.391 e. The number of fused-ring (bicyclic) bond motifs is 1. The molecule has 162 valence electrons. The lowest BCUT2D eigenvalue weighted by molar-refractivity contribution is 0.168. The molecule has 0 aliphatic heterocycles. The van der Waals surface area contributed by atoms with E-state index in [0.717, 1.165) is 16.5 Å². The first-order valence-corrected chi connectivity index (χ1v) is 10.5. The third kappa shape index (κ3) is 4.76. The van der Waals surface area contributed by atoms with Crippen LogP contribution in [0, 0.1) is 5.82 Å². The number of halogens is 1. The van der Waals surface area contributed by atoms with Crippen molar-refractivity contribution in [3.63, 3.8) is 0 Å². The summed E-state index contributed by atoms with van der Waals surface area (Å²) >= 11 is 0. The van der Waals surface area contributed by atoms with Crippen molar-refractivity contribution >= 4 is 22.6 Å². The Kier molecular flexibility index (Phi) is 6.42. The van der Waals surface area contributed by atoms with E-state index in [1.165, 1.54) is 6.07 Å². The Morgan fingerprint density at radius 1 is 1.00 bits per heavy atom. The highest BCUT2D eigenvalue weighted by molar-refractivity contribution is 5.96. The number of carbonyl (C=O) groups excluding carboxylic acids is 1. The van der Waals surface area contributed by atoms with Gasteiger partial charge < -0.3 is 15.7 Å². The van der Waals surface area contributed by atoms with Crippen LogP contribution in [0.25, 0.3) is 33.3 Å². The quantitative estimate of drug-likeness (QED) is 0.373. The zero-order valence-electron chi connectivity index (χ0n) is 17.7. The molecule has 0 fully saturated rings. The fourth-order valence-corrected chi connectivity index (χ4v) is 3.49. The fraction of sp³-hybridized carbons (Fsp3) is 0.154. The third-order valence-corrected chi connectivity index (χ3v) is 5.25. The lowest BCUT2D eigenvalue weighted by atomic mass is 9.97. The third-order valence-electron chi connectivity index (χ3n) is 5.25. The van der Waals surface area contributed by atoms with Gasteiger partial charge in [-0.1, -0.05) is 55.5 Å². The number of pyridine rings is 1. The summed E-state index contributed by atoms with van der Waals surface area (Å²) < 4.78 is 14.7. The van der Waals surface area contributed by atoms with Gasteiger partial charge in [0.2, 0.25) is 0 Å². The Labute approximate surface area is 185 Å². The second kappa shape index (κ2) is 9.58. The van der Waals surface area contributed by atoms with Gasteiger partial charge in [0.25, 0.3) is 0 Å². The zero-order valence-corrected chi connectivity index (χ0v) is 17.7. The molecule has 1 atom stereocenters. The Morgan fingerprint density at radius 2 is 1.75 bits per heavy atom. The summed E-state index contributed by atoms with van der Waals surface area (Å²) in [4.78, 5) is 17.0. The van der Waals surface area contributed by atoms with Crippen LogP contribution in [0.3, 0.4) is 0 Å². The Balaban J connectivity index is 1.74. The number of nitrogens with zero attached hydrogens (tertiary/aromatic N) is 1. The molecular formula is C26H24FN3O2. The smallest absolute Gasteiger partial charge is 0.319 e. The van der Waals surface area contributed by atoms with E-state index in [9.17, 15) is 14.3 Å². The highest BCUT2D eigenvalue weighted by Crippen LogP contribution is 2.35. The van der Waals surface area contributed by atoms with Gasteiger partial charge in [-0.25, -0.2) is 14.2 Å². The van der Waals surface area contributed by atoms with Crippen molar-refractivity contribution < 1.29 is 14.3 Å². The van der Waals surface area contributed by atoms with Crippen molar-refractivity contribution in [1.29, 1.82) is 0 Å². The Morgan fingerprint density at radius 3 is 2.50 bits per heavy atom. The summed E-state index contributed by atoms with van der Waals surface area (Å²) in [6.07, 6.45) is -0.0221. The molecule has 0 bridgehead atoms. The van der Waals surface area contributed by atoms with Crippen molar-refractivity contribution in [2.45, 2.75) is 19.4 Å². The predicted molar refractivity (Wildman–Crippen MR) is 126 cm³/mol. The molecule has 0 aliphatic rings. The monoisotopic (exact) mass is 429 g/mol. The number of hydrogen-bond acceptors (Lipinski definition) is 3. The second-order valence-corrected chi connectivity index (χ2v) is 7.53. The average Bonchev–Trinajstić information content (AvgIpc) is 2.82. The number of hydrogen-bond donors (Lipinski definition) is 3. The molecule has 1 heterocycles. The number of aromatic nitrogens is 1. The maximum atomic E-state index is 14.7. The van der Waals surface area contributed by atoms with Crippen molar-refractivity contribution in [3.8, 4) is 22.4 Å². The zero-order chi connectivity index (χ0) is 22.5. The van der Waals surface area contributed by atoms with Crippen molar-refractivity contribution in [3.05, 3.63) is 84.7 Å². The van der Waals surface area contributed by atoms with Crippen LogP contribution in [0.15, 0.2) is 78.9 Å². The van der Waals surface area contributed by atoms with Gasteiger partial charge in [0.15, 0.2) is 0 Å². The average molecular weight is 429 g/mol. The molecule has 6 heteroatoms. The van der Waals surface area contributed by atoms with Gasteiger partial charge in [-0.05, 0) is 36.8 Å². The number of nitrogens with one attached hydrogen (secondary N) is 2.